The number of aromatic nitrogens is 4. The Morgan fingerprint density at radius 3 is 2.97 bits per heavy atom. The van der Waals surface area contributed by atoms with Gasteiger partial charge >= 0.3 is 0 Å². The molecule has 7 nitrogen and oxygen atoms in total. The van der Waals surface area contributed by atoms with Gasteiger partial charge in [0.05, 0.1) is 24.1 Å². The number of anilines is 2. The van der Waals surface area contributed by atoms with Crippen LogP contribution in [0.1, 0.15) is 24.8 Å². The summed E-state index contributed by atoms with van der Waals surface area (Å²) in [5.41, 5.74) is 5.47. The summed E-state index contributed by atoms with van der Waals surface area (Å²) in [5, 5.41) is 4.26. The number of aryl methyl sites for hydroxylation is 1. The molecule has 2 aromatic heterocycles. The third-order valence-corrected chi connectivity index (χ3v) is 6.05. The van der Waals surface area contributed by atoms with Gasteiger partial charge in [-0.3, -0.25) is 14.5 Å². The second-order valence-electron chi connectivity index (χ2n) is 7.80. The summed E-state index contributed by atoms with van der Waals surface area (Å²) in [6.45, 7) is 1.83. The normalized spacial score (nSPS) is 18.9. The van der Waals surface area contributed by atoms with Crippen molar-refractivity contribution in [2.75, 3.05) is 23.4 Å². The molecule has 3 aromatic rings. The number of para-hydroxylation sites is 1. The molecule has 0 spiro atoms. The molecule has 0 unspecified atom stereocenters. The third-order valence-electron chi connectivity index (χ3n) is 6.05. The zero-order valence-corrected chi connectivity index (χ0v) is 16.5. The maximum atomic E-state index is 12.3. The maximum Gasteiger partial charge on any atom is 0.227 e. The number of rotatable bonds is 4. The zero-order chi connectivity index (χ0) is 19.8. The summed E-state index contributed by atoms with van der Waals surface area (Å²) in [6.07, 6.45) is 10.8. The van der Waals surface area contributed by atoms with E-state index in [4.69, 9.17) is 0 Å². The van der Waals surface area contributed by atoms with E-state index in [0.29, 0.717) is 12.5 Å². The topological polar surface area (TPSA) is 67.2 Å². The number of fused-ring (bicyclic) bond motifs is 1. The van der Waals surface area contributed by atoms with Crippen molar-refractivity contribution in [1.82, 2.24) is 19.7 Å². The lowest BCUT2D eigenvalue weighted by atomic mass is 9.94. The second kappa shape index (κ2) is 7.31. The molecule has 1 saturated heterocycles. The second-order valence-corrected chi connectivity index (χ2v) is 7.80. The molecular weight excluding hydrogens is 364 g/mol. The number of amides is 1. The average Bonchev–Trinajstić information content (AvgIpc) is 3.43. The summed E-state index contributed by atoms with van der Waals surface area (Å²) in [7, 11) is 1.87. The van der Waals surface area contributed by atoms with E-state index in [1.807, 2.05) is 24.1 Å². The van der Waals surface area contributed by atoms with Gasteiger partial charge in [-0.05, 0) is 30.9 Å². The highest BCUT2D eigenvalue weighted by atomic mass is 16.2. The molecule has 2 aliphatic rings. The van der Waals surface area contributed by atoms with Gasteiger partial charge in [-0.2, -0.15) is 5.10 Å². The van der Waals surface area contributed by atoms with Crippen molar-refractivity contribution in [3.63, 3.8) is 0 Å². The predicted molar refractivity (Wildman–Crippen MR) is 112 cm³/mol. The van der Waals surface area contributed by atoms with Gasteiger partial charge in [-0.1, -0.05) is 18.2 Å². The Morgan fingerprint density at radius 1 is 1.17 bits per heavy atom. The van der Waals surface area contributed by atoms with Crippen molar-refractivity contribution in [3.8, 4) is 11.1 Å². The number of nitrogens with zero attached hydrogens (tertiary/aromatic N) is 6. The first-order valence-corrected chi connectivity index (χ1v) is 10.1. The van der Waals surface area contributed by atoms with Crippen LogP contribution in [0.5, 0.6) is 0 Å². The van der Waals surface area contributed by atoms with Crippen LogP contribution >= 0.6 is 0 Å². The van der Waals surface area contributed by atoms with Crippen molar-refractivity contribution in [1.29, 1.82) is 0 Å². The Balaban J connectivity index is 1.49. The monoisotopic (exact) mass is 388 g/mol. The van der Waals surface area contributed by atoms with Crippen LogP contribution in [0.3, 0.4) is 0 Å². The van der Waals surface area contributed by atoms with Gasteiger partial charge in [0.2, 0.25) is 5.91 Å². The Hall–Kier alpha value is -3.22. The number of pyridine rings is 1. The molecule has 2 aliphatic heterocycles. The molecule has 0 N–H and O–H groups in total. The summed E-state index contributed by atoms with van der Waals surface area (Å²) >= 11 is 0. The van der Waals surface area contributed by atoms with Gasteiger partial charge in [0, 0.05) is 43.4 Å². The number of carbonyl (C=O) groups excluding carboxylic acids is 1. The molecule has 0 radical (unpaired) electrons. The Labute approximate surface area is 170 Å². The molecule has 0 aliphatic carbocycles. The SMILES string of the molecule is CN1C(=O)CCc2cccc(-c3cncc(N4CCC[C@H]4Cn4cncn4)c3)c21. The third kappa shape index (κ3) is 3.26. The van der Waals surface area contributed by atoms with Crippen LogP contribution in [0.15, 0.2) is 49.3 Å². The van der Waals surface area contributed by atoms with Crippen LogP contribution in [0.2, 0.25) is 0 Å². The van der Waals surface area contributed by atoms with E-state index in [2.05, 4.69) is 44.2 Å². The quantitative estimate of drug-likeness (QED) is 0.687. The Kier molecular flexibility index (Phi) is 4.50. The minimum Gasteiger partial charge on any atom is -0.365 e. The summed E-state index contributed by atoms with van der Waals surface area (Å²) in [4.78, 5) is 25.1. The van der Waals surface area contributed by atoms with Gasteiger partial charge in [-0.25, -0.2) is 4.98 Å². The summed E-state index contributed by atoms with van der Waals surface area (Å²) in [6, 6.07) is 8.87. The van der Waals surface area contributed by atoms with E-state index < -0.39 is 0 Å². The molecule has 1 aromatic carbocycles. The number of benzene rings is 1. The predicted octanol–water partition coefficient (Wildman–Crippen LogP) is 2.92. The van der Waals surface area contributed by atoms with E-state index in [0.717, 1.165) is 54.9 Å². The van der Waals surface area contributed by atoms with E-state index in [9.17, 15) is 4.79 Å². The lowest BCUT2D eigenvalue weighted by Crippen LogP contribution is -2.33. The first kappa shape index (κ1) is 17.8. The number of hydrogen-bond acceptors (Lipinski definition) is 5. The molecule has 148 valence electrons. The fraction of sp³-hybridized carbons (Fsp3) is 0.364. The standard InChI is InChI=1S/C22H24N6O/c1-26-21(29)8-7-16-4-2-6-20(22(16)26)17-10-19(12-23-11-17)28-9-3-5-18(28)13-27-15-24-14-25-27/h2,4,6,10-12,14-15,18H,3,5,7-9,13H2,1H3/t18-/m0/s1. The van der Waals surface area contributed by atoms with Gasteiger partial charge in [0.25, 0.3) is 0 Å². The van der Waals surface area contributed by atoms with Gasteiger partial charge in [-0.15, -0.1) is 0 Å². The van der Waals surface area contributed by atoms with Gasteiger partial charge in [0.15, 0.2) is 0 Å². The van der Waals surface area contributed by atoms with Crippen LogP contribution in [0.25, 0.3) is 11.1 Å². The van der Waals surface area contributed by atoms with Crippen molar-refractivity contribution < 1.29 is 4.79 Å². The van der Waals surface area contributed by atoms with E-state index >= 15 is 0 Å². The fourth-order valence-corrected chi connectivity index (χ4v) is 4.60. The molecule has 7 heteroatoms. The van der Waals surface area contributed by atoms with E-state index in [-0.39, 0.29) is 5.91 Å². The highest BCUT2D eigenvalue weighted by Crippen LogP contribution is 2.38. The van der Waals surface area contributed by atoms with Crippen LogP contribution in [-0.4, -0.2) is 45.3 Å². The maximum absolute atomic E-state index is 12.3. The summed E-state index contributed by atoms with van der Waals surface area (Å²) < 4.78 is 1.90. The van der Waals surface area contributed by atoms with Gasteiger partial charge < -0.3 is 9.80 Å². The minimum absolute atomic E-state index is 0.168. The highest BCUT2D eigenvalue weighted by Gasteiger charge is 2.27. The molecule has 1 atom stereocenters. The van der Waals surface area contributed by atoms with Crippen LogP contribution in [-0.2, 0) is 17.8 Å². The van der Waals surface area contributed by atoms with Crippen molar-refractivity contribution in [2.45, 2.75) is 38.3 Å². The van der Waals surface area contributed by atoms with Crippen molar-refractivity contribution >= 4 is 17.3 Å². The van der Waals surface area contributed by atoms with E-state index in [1.54, 1.807) is 17.6 Å². The molecule has 5 rings (SSSR count). The van der Waals surface area contributed by atoms with Crippen LogP contribution < -0.4 is 9.80 Å². The first-order valence-electron chi connectivity index (χ1n) is 10.1. The molecule has 0 saturated carbocycles. The van der Waals surface area contributed by atoms with Crippen LogP contribution in [0.4, 0.5) is 11.4 Å². The highest BCUT2D eigenvalue weighted by molar-refractivity contribution is 6.00. The average molecular weight is 388 g/mol. The minimum atomic E-state index is 0.168. The lowest BCUT2D eigenvalue weighted by molar-refractivity contribution is -0.118. The molecule has 0 bridgehead atoms. The zero-order valence-electron chi connectivity index (χ0n) is 16.5. The van der Waals surface area contributed by atoms with Crippen molar-refractivity contribution in [3.05, 3.63) is 54.9 Å². The Morgan fingerprint density at radius 2 is 2.10 bits per heavy atom. The molecule has 4 heterocycles. The van der Waals surface area contributed by atoms with Crippen molar-refractivity contribution in [2.24, 2.45) is 0 Å². The lowest BCUT2D eigenvalue weighted by Gasteiger charge is -2.29. The van der Waals surface area contributed by atoms with Gasteiger partial charge in [0.1, 0.15) is 12.7 Å². The Bertz CT molecular complexity index is 1030. The fourth-order valence-electron chi connectivity index (χ4n) is 4.60. The molecule has 1 amide bonds. The van der Waals surface area contributed by atoms with E-state index in [1.165, 1.54) is 5.56 Å². The van der Waals surface area contributed by atoms with Crippen LogP contribution in [0, 0.1) is 0 Å². The molecule has 1 fully saturated rings. The molecule has 29 heavy (non-hydrogen) atoms. The molecular formula is C22H24N6O. The largest absolute Gasteiger partial charge is 0.365 e. The smallest absolute Gasteiger partial charge is 0.227 e. The number of carbonyl (C=O) groups is 1. The first-order chi connectivity index (χ1) is 14.2. The number of hydrogen-bond donors (Lipinski definition) is 0. The summed E-state index contributed by atoms with van der Waals surface area (Å²) in [5.74, 6) is 0.168.